The Hall–Kier alpha value is -6.06. The Morgan fingerprint density at radius 3 is 2.00 bits per heavy atom. The SMILES string of the molecule is c1ccc(-n2c3ccccc3c3cc(-c4ccc5cc(-c6ncc7c(n6)-c6cccc8cccc-7c68)ccc5c4)ccc32)cc1. The van der Waals surface area contributed by atoms with Gasteiger partial charge in [0.15, 0.2) is 5.82 Å². The van der Waals surface area contributed by atoms with E-state index in [0.29, 0.717) is 0 Å². The van der Waals surface area contributed by atoms with Crippen molar-refractivity contribution in [2.75, 3.05) is 0 Å². The van der Waals surface area contributed by atoms with Crippen LogP contribution in [0.2, 0.25) is 0 Å². The van der Waals surface area contributed by atoms with Crippen LogP contribution >= 0.6 is 0 Å². The largest absolute Gasteiger partial charge is 0.309 e. The van der Waals surface area contributed by atoms with E-state index in [1.165, 1.54) is 71.3 Å². The minimum absolute atomic E-state index is 0.754. The van der Waals surface area contributed by atoms with Crippen LogP contribution in [0.4, 0.5) is 0 Å². The molecule has 7 aromatic carbocycles. The maximum absolute atomic E-state index is 5.10. The molecule has 1 aliphatic carbocycles. The summed E-state index contributed by atoms with van der Waals surface area (Å²) in [6, 6.07) is 52.3. The van der Waals surface area contributed by atoms with Gasteiger partial charge in [-0.25, -0.2) is 9.97 Å². The van der Waals surface area contributed by atoms with Crippen molar-refractivity contribution in [3.8, 4) is 50.6 Å². The maximum atomic E-state index is 5.10. The Morgan fingerprint density at radius 2 is 1.13 bits per heavy atom. The molecule has 0 radical (unpaired) electrons. The molecular weight excluding hydrogens is 546 g/mol. The summed E-state index contributed by atoms with van der Waals surface area (Å²) in [6.07, 6.45) is 1.99. The molecule has 3 nitrogen and oxygen atoms in total. The number of para-hydroxylation sites is 2. The Balaban J connectivity index is 1.05. The second kappa shape index (κ2) is 9.22. The molecule has 0 unspecified atom stereocenters. The molecule has 0 saturated carbocycles. The lowest BCUT2D eigenvalue weighted by Gasteiger charge is -2.09. The van der Waals surface area contributed by atoms with Gasteiger partial charge in [-0.15, -0.1) is 0 Å². The first-order valence-electron chi connectivity index (χ1n) is 15.3. The molecule has 10 rings (SSSR count). The van der Waals surface area contributed by atoms with E-state index in [2.05, 4.69) is 150 Å². The average Bonchev–Trinajstić information content (AvgIpc) is 3.61. The quantitative estimate of drug-likeness (QED) is 0.211. The van der Waals surface area contributed by atoms with Crippen molar-refractivity contribution >= 4 is 43.4 Å². The molecule has 45 heavy (non-hydrogen) atoms. The van der Waals surface area contributed by atoms with Crippen LogP contribution in [0.5, 0.6) is 0 Å². The van der Waals surface area contributed by atoms with E-state index in [-0.39, 0.29) is 0 Å². The highest BCUT2D eigenvalue weighted by molar-refractivity contribution is 6.14. The zero-order chi connectivity index (χ0) is 29.5. The van der Waals surface area contributed by atoms with E-state index in [4.69, 9.17) is 9.97 Å². The molecule has 0 spiro atoms. The van der Waals surface area contributed by atoms with Gasteiger partial charge in [-0.05, 0) is 80.7 Å². The molecule has 2 heterocycles. The number of benzene rings is 7. The smallest absolute Gasteiger partial charge is 0.159 e. The highest BCUT2D eigenvalue weighted by atomic mass is 15.0. The van der Waals surface area contributed by atoms with Crippen LogP contribution in [0, 0.1) is 0 Å². The first-order chi connectivity index (χ1) is 22.3. The van der Waals surface area contributed by atoms with Gasteiger partial charge in [0.05, 0.1) is 16.7 Å². The number of hydrogen-bond donors (Lipinski definition) is 0. The maximum Gasteiger partial charge on any atom is 0.159 e. The predicted molar refractivity (Wildman–Crippen MR) is 187 cm³/mol. The topological polar surface area (TPSA) is 30.7 Å². The zero-order valence-electron chi connectivity index (χ0n) is 24.3. The van der Waals surface area contributed by atoms with Crippen LogP contribution in [0.3, 0.4) is 0 Å². The van der Waals surface area contributed by atoms with Gasteiger partial charge in [0.25, 0.3) is 0 Å². The van der Waals surface area contributed by atoms with Crippen molar-refractivity contribution in [3.63, 3.8) is 0 Å². The monoisotopic (exact) mass is 571 g/mol. The lowest BCUT2D eigenvalue weighted by atomic mass is 9.98. The fourth-order valence-electron chi connectivity index (χ4n) is 7.26. The number of aromatic nitrogens is 3. The van der Waals surface area contributed by atoms with Crippen molar-refractivity contribution < 1.29 is 0 Å². The van der Waals surface area contributed by atoms with Crippen molar-refractivity contribution in [2.45, 2.75) is 0 Å². The van der Waals surface area contributed by atoms with Gasteiger partial charge in [-0.1, -0.05) is 103 Å². The Bertz CT molecular complexity index is 2640. The summed E-state index contributed by atoms with van der Waals surface area (Å²) in [5.74, 6) is 0.754. The molecule has 2 aromatic heterocycles. The summed E-state index contributed by atoms with van der Waals surface area (Å²) in [5.41, 5.74) is 11.6. The van der Waals surface area contributed by atoms with Gasteiger partial charge >= 0.3 is 0 Å². The molecule has 3 heteroatoms. The molecule has 0 fully saturated rings. The summed E-state index contributed by atoms with van der Waals surface area (Å²) < 4.78 is 2.36. The van der Waals surface area contributed by atoms with E-state index < -0.39 is 0 Å². The summed E-state index contributed by atoms with van der Waals surface area (Å²) in [5, 5.41) is 7.41. The van der Waals surface area contributed by atoms with E-state index in [0.717, 1.165) is 22.6 Å². The molecule has 0 aliphatic heterocycles. The number of hydrogen-bond acceptors (Lipinski definition) is 2. The molecule has 1 aliphatic rings. The van der Waals surface area contributed by atoms with Gasteiger partial charge in [-0.2, -0.15) is 0 Å². The second-order valence-corrected chi connectivity index (χ2v) is 11.9. The number of fused-ring (bicyclic) bond motifs is 7. The van der Waals surface area contributed by atoms with Gasteiger partial charge in [0.2, 0.25) is 0 Å². The lowest BCUT2D eigenvalue weighted by molar-refractivity contribution is 1.18. The second-order valence-electron chi connectivity index (χ2n) is 11.9. The Labute approximate surface area is 259 Å². The first kappa shape index (κ1) is 24.4. The summed E-state index contributed by atoms with van der Waals surface area (Å²) in [4.78, 5) is 9.93. The van der Waals surface area contributed by atoms with Crippen LogP contribution in [-0.4, -0.2) is 14.5 Å². The average molecular weight is 572 g/mol. The summed E-state index contributed by atoms with van der Waals surface area (Å²) in [7, 11) is 0. The normalized spacial score (nSPS) is 12.0. The van der Waals surface area contributed by atoms with E-state index >= 15 is 0 Å². The predicted octanol–water partition coefficient (Wildman–Crippen LogP) is 10.9. The van der Waals surface area contributed by atoms with E-state index in [1.54, 1.807) is 0 Å². The number of nitrogens with zero attached hydrogens (tertiary/aromatic N) is 3. The van der Waals surface area contributed by atoms with Crippen molar-refractivity contribution in [1.29, 1.82) is 0 Å². The fraction of sp³-hybridized carbons (Fsp3) is 0. The summed E-state index contributed by atoms with van der Waals surface area (Å²) in [6.45, 7) is 0. The van der Waals surface area contributed by atoms with Crippen molar-refractivity contribution in [2.24, 2.45) is 0 Å². The fourth-order valence-corrected chi connectivity index (χ4v) is 7.26. The molecule has 9 aromatic rings. The number of rotatable bonds is 3. The van der Waals surface area contributed by atoms with Crippen molar-refractivity contribution in [3.05, 3.63) is 152 Å². The highest BCUT2D eigenvalue weighted by Crippen LogP contribution is 2.46. The highest BCUT2D eigenvalue weighted by Gasteiger charge is 2.23. The van der Waals surface area contributed by atoms with E-state index in [9.17, 15) is 0 Å². The molecule has 0 amide bonds. The van der Waals surface area contributed by atoms with Crippen LogP contribution < -0.4 is 0 Å². The molecular formula is C42H25N3. The third kappa shape index (κ3) is 3.58. The summed E-state index contributed by atoms with van der Waals surface area (Å²) >= 11 is 0. The molecule has 0 bridgehead atoms. The standard InChI is InChI=1S/C42H25N3/c1-2-10-32(11-3-1)45-38-15-5-4-12-33(38)36-24-30(20-21-39(36)45)28-16-17-29-23-31(19-18-27(29)22-28)42-43-25-37-34-13-6-8-26-9-7-14-35(40(26)34)41(37)44-42/h1-25H. The van der Waals surface area contributed by atoms with Gasteiger partial charge < -0.3 is 4.57 Å². The van der Waals surface area contributed by atoms with Crippen LogP contribution in [-0.2, 0) is 0 Å². The van der Waals surface area contributed by atoms with Gasteiger partial charge in [0, 0.05) is 39.3 Å². The van der Waals surface area contributed by atoms with Crippen LogP contribution in [0.1, 0.15) is 0 Å². The minimum atomic E-state index is 0.754. The Kier molecular flexibility index (Phi) is 5.00. The van der Waals surface area contributed by atoms with E-state index in [1.807, 2.05) is 6.20 Å². The molecule has 0 atom stereocenters. The zero-order valence-corrected chi connectivity index (χ0v) is 24.3. The minimum Gasteiger partial charge on any atom is -0.309 e. The van der Waals surface area contributed by atoms with Crippen LogP contribution in [0.15, 0.2) is 152 Å². The van der Waals surface area contributed by atoms with Gasteiger partial charge in [0.1, 0.15) is 0 Å². The molecule has 208 valence electrons. The third-order valence-electron chi connectivity index (χ3n) is 9.36. The lowest BCUT2D eigenvalue weighted by Crippen LogP contribution is -1.93. The van der Waals surface area contributed by atoms with Crippen LogP contribution in [0.25, 0.3) is 93.9 Å². The third-order valence-corrected chi connectivity index (χ3v) is 9.36. The van der Waals surface area contributed by atoms with Gasteiger partial charge in [-0.3, -0.25) is 0 Å². The van der Waals surface area contributed by atoms with Crippen molar-refractivity contribution in [1.82, 2.24) is 14.5 Å². The molecule has 0 N–H and O–H groups in total. The first-order valence-corrected chi connectivity index (χ1v) is 15.3. The Morgan fingerprint density at radius 1 is 0.444 bits per heavy atom. The molecule has 0 saturated heterocycles.